The molecule has 0 aliphatic heterocycles. The van der Waals surface area contributed by atoms with Gasteiger partial charge in [-0.1, -0.05) is 6.92 Å². The van der Waals surface area contributed by atoms with Gasteiger partial charge in [-0.05, 0) is 37.1 Å². The van der Waals surface area contributed by atoms with Crippen LogP contribution in [0.3, 0.4) is 0 Å². The SMILES string of the molecule is CCC(C#N)c1nc(-c2ccc(F)c(C)c2)cs1. The third-order valence-electron chi connectivity index (χ3n) is 2.84. The van der Waals surface area contributed by atoms with E-state index in [2.05, 4.69) is 11.1 Å². The molecule has 1 atom stereocenters. The van der Waals surface area contributed by atoms with Crippen LogP contribution < -0.4 is 0 Å². The molecule has 2 aromatic rings. The van der Waals surface area contributed by atoms with Crippen molar-refractivity contribution < 1.29 is 4.39 Å². The molecule has 0 saturated heterocycles. The summed E-state index contributed by atoms with van der Waals surface area (Å²) in [5, 5.41) is 11.8. The summed E-state index contributed by atoms with van der Waals surface area (Å²) >= 11 is 1.48. The van der Waals surface area contributed by atoms with Crippen molar-refractivity contribution in [1.29, 1.82) is 5.26 Å². The number of halogens is 1. The topological polar surface area (TPSA) is 36.7 Å². The number of nitriles is 1. The maximum absolute atomic E-state index is 13.2. The Morgan fingerprint density at radius 2 is 2.28 bits per heavy atom. The fraction of sp³-hybridized carbons (Fsp3) is 0.286. The molecule has 1 aromatic carbocycles. The quantitative estimate of drug-likeness (QED) is 0.826. The highest BCUT2D eigenvalue weighted by molar-refractivity contribution is 7.10. The molecule has 0 amide bonds. The minimum absolute atomic E-state index is 0.148. The molecule has 0 aliphatic carbocycles. The molecule has 0 aliphatic rings. The van der Waals surface area contributed by atoms with Gasteiger partial charge in [0.25, 0.3) is 0 Å². The lowest BCUT2D eigenvalue weighted by atomic mass is 10.1. The first kappa shape index (κ1) is 12.7. The van der Waals surface area contributed by atoms with E-state index in [0.29, 0.717) is 5.56 Å². The van der Waals surface area contributed by atoms with E-state index in [0.717, 1.165) is 22.7 Å². The molecule has 0 saturated carbocycles. The number of hydrogen-bond acceptors (Lipinski definition) is 3. The number of rotatable bonds is 3. The number of benzene rings is 1. The van der Waals surface area contributed by atoms with Crippen molar-refractivity contribution in [3.63, 3.8) is 0 Å². The summed E-state index contributed by atoms with van der Waals surface area (Å²) < 4.78 is 13.2. The van der Waals surface area contributed by atoms with Gasteiger partial charge in [0.05, 0.1) is 17.7 Å². The fourth-order valence-corrected chi connectivity index (χ4v) is 2.66. The van der Waals surface area contributed by atoms with E-state index in [1.165, 1.54) is 17.4 Å². The second-order valence-corrected chi connectivity index (χ2v) is 5.01. The molecule has 92 valence electrons. The highest BCUT2D eigenvalue weighted by Gasteiger charge is 2.13. The van der Waals surface area contributed by atoms with Crippen molar-refractivity contribution in [3.8, 4) is 17.3 Å². The lowest BCUT2D eigenvalue weighted by molar-refractivity contribution is 0.619. The molecule has 0 fully saturated rings. The second-order valence-electron chi connectivity index (χ2n) is 4.12. The second kappa shape index (κ2) is 5.28. The normalized spacial score (nSPS) is 12.1. The third kappa shape index (κ3) is 2.41. The molecular formula is C14H13FN2S. The van der Waals surface area contributed by atoms with Gasteiger partial charge in [0.15, 0.2) is 0 Å². The summed E-state index contributed by atoms with van der Waals surface area (Å²) in [5.74, 6) is -0.358. The molecule has 2 nitrogen and oxygen atoms in total. The molecule has 0 spiro atoms. The van der Waals surface area contributed by atoms with Crippen LogP contribution in [-0.2, 0) is 0 Å². The van der Waals surface area contributed by atoms with Crippen LogP contribution in [0.25, 0.3) is 11.3 Å². The van der Waals surface area contributed by atoms with Crippen LogP contribution in [0, 0.1) is 24.1 Å². The Balaban J connectivity index is 2.35. The van der Waals surface area contributed by atoms with E-state index in [9.17, 15) is 4.39 Å². The molecule has 0 radical (unpaired) electrons. The number of aromatic nitrogens is 1. The highest BCUT2D eigenvalue weighted by Crippen LogP contribution is 2.28. The molecule has 1 heterocycles. The number of nitrogens with zero attached hydrogens (tertiary/aromatic N) is 2. The first-order valence-electron chi connectivity index (χ1n) is 5.77. The molecule has 1 aromatic heterocycles. The maximum Gasteiger partial charge on any atom is 0.126 e. The minimum Gasteiger partial charge on any atom is -0.240 e. The van der Waals surface area contributed by atoms with Crippen molar-refractivity contribution in [2.24, 2.45) is 0 Å². The Labute approximate surface area is 110 Å². The molecular weight excluding hydrogens is 247 g/mol. The average molecular weight is 260 g/mol. The fourth-order valence-electron chi connectivity index (χ4n) is 1.71. The first-order valence-corrected chi connectivity index (χ1v) is 6.65. The lowest BCUT2D eigenvalue weighted by Crippen LogP contribution is -1.92. The van der Waals surface area contributed by atoms with E-state index in [4.69, 9.17) is 5.26 Å². The van der Waals surface area contributed by atoms with E-state index in [-0.39, 0.29) is 11.7 Å². The van der Waals surface area contributed by atoms with Gasteiger partial charge in [-0.3, -0.25) is 0 Å². The smallest absolute Gasteiger partial charge is 0.126 e. The highest BCUT2D eigenvalue weighted by atomic mass is 32.1. The van der Waals surface area contributed by atoms with Crippen LogP contribution in [0.5, 0.6) is 0 Å². The molecule has 18 heavy (non-hydrogen) atoms. The molecule has 4 heteroatoms. The first-order chi connectivity index (χ1) is 8.65. The minimum atomic E-state index is -0.210. The van der Waals surface area contributed by atoms with Gasteiger partial charge < -0.3 is 0 Å². The summed E-state index contributed by atoms with van der Waals surface area (Å²) in [5.41, 5.74) is 2.31. The summed E-state index contributed by atoms with van der Waals surface area (Å²) in [4.78, 5) is 4.47. The standard InChI is InChI=1S/C14H13FN2S/c1-3-10(7-16)14-17-13(8-18-14)11-4-5-12(15)9(2)6-11/h4-6,8,10H,3H2,1-2H3. The molecule has 2 rings (SSSR count). The predicted molar refractivity (Wildman–Crippen MR) is 70.9 cm³/mol. The van der Waals surface area contributed by atoms with Crippen LogP contribution in [0.15, 0.2) is 23.6 Å². The van der Waals surface area contributed by atoms with Gasteiger partial charge in [0, 0.05) is 10.9 Å². The number of hydrogen-bond donors (Lipinski definition) is 0. The van der Waals surface area contributed by atoms with Gasteiger partial charge in [-0.2, -0.15) is 5.26 Å². The summed E-state index contributed by atoms with van der Waals surface area (Å²) in [6, 6.07) is 7.19. The zero-order valence-corrected chi connectivity index (χ0v) is 11.1. The summed E-state index contributed by atoms with van der Waals surface area (Å²) in [7, 11) is 0. The molecule has 1 unspecified atom stereocenters. The van der Waals surface area contributed by atoms with Crippen LogP contribution in [0.1, 0.15) is 29.8 Å². The van der Waals surface area contributed by atoms with Crippen LogP contribution in [0.2, 0.25) is 0 Å². The number of thiazole rings is 1. The molecule has 0 bridgehead atoms. The zero-order valence-electron chi connectivity index (χ0n) is 10.3. The van der Waals surface area contributed by atoms with E-state index >= 15 is 0 Å². The predicted octanol–water partition coefficient (Wildman–Crippen LogP) is 4.27. The third-order valence-corrected chi connectivity index (χ3v) is 3.80. The van der Waals surface area contributed by atoms with Gasteiger partial charge >= 0.3 is 0 Å². The van der Waals surface area contributed by atoms with E-state index in [1.54, 1.807) is 19.1 Å². The Kier molecular flexibility index (Phi) is 3.73. The van der Waals surface area contributed by atoms with Crippen molar-refractivity contribution in [3.05, 3.63) is 40.0 Å². The van der Waals surface area contributed by atoms with Gasteiger partial charge in [0.2, 0.25) is 0 Å². The average Bonchev–Trinajstić information content (AvgIpc) is 2.84. The summed E-state index contributed by atoms with van der Waals surface area (Å²) in [6.07, 6.45) is 0.756. The largest absolute Gasteiger partial charge is 0.240 e. The zero-order chi connectivity index (χ0) is 13.1. The van der Waals surface area contributed by atoms with E-state index < -0.39 is 0 Å². The van der Waals surface area contributed by atoms with Crippen LogP contribution in [0.4, 0.5) is 4.39 Å². The molecule has 0 N–H and O–H groups in total. The van der Waals surface area contributed by atoms with E-state index in [1.807, 2.05) is 12.3 Å². The van der Waals surface area contributed by atoms with Crippen molar-refractivity contribution in [2.45, 2.75) is 26.2 Å². The Morgan fingerprint density at radius 1 is 1.50 bits per heavy atom. The van der Waals surface area contributed by atoms with Crippen molar-refractivity contribution in [1.82, 2.24) is 4.98 Å². The van der Waals surface area contributed by atoms with Gasteiger partial charge in [0.1, 0.15) is 10.8 Å². The lowest BCUT2D eigenvalue weighted by Gasteiger charge is -2.01. The Bertz CT molecular complexity index is 598. The van der Waals surface area contributed by atoms with Gasteiger partial charge in [-0.15, -0.1) is 11.3 Å². The Hall–Kier alpha value is -1.73. The van der Waals surface area contributed by atoms with Crippen LogP contribution in [-0.4, -0.2) is 4.98 Å². The van der Waals surface area contributed by atoms with Crippen molar-refractivity contribution in [2.75, 3.05) is 0 Å². The van der Waals surface area contributed by atoms with Crippen LogP contribution >= 0.6 is 11.3 Å². The number of aryl methyl sites for hydroxylation is 1. The monoisotopic (exact) mass is 260 g/mol. The Morgan fingerprint density at radius 3 is 2.89 bits per heavy atom. The van der Waals surface area contributed by atoms with Crippen molar-refractivity contribution >= 4 is 11.3 Å². The van der Waals surface area contributed by atoms with Gasteiger partial charge in [-0.25, -0.2) is 9.37 Å². The maximum atomic E-state index is 13.2. The summed E-state index contributed by atoms with van der Waals surface area (Å²) in [6.45, 7) is 3.70.